The summed E-state index contributed by atoms with van der Waals surface area (Å²) in [6.07, 6.45) is 9.53. The Balaban J connectivity index is 1.55. The molecule has 2 aromatic rings. The van der Waals surface area contributed by atoms with E-state index in [2.05, 4.69) is 15.3 Å². The molecule has 0 aliphatic heterocycles. The molecule has 0 spiro atoms. The Bertz CT molecular complexity index is 676. The number of nitrogen functional groups attached to an aromatic ring is 1. The van der Waals surface area contributed by atoms with Gasteiger partial charge in [0.1, 0.15) is 5.69 Å². The highest BCUT2D eigenvalue weighted by Gasteiger charge is 2.54. The van der Waals surface area contributed by atoms with E-state index in [4.69, 9.17) is 10.2 Å². The Morgan fingerprint density at radius 1 is 1.14 bits per heavy atom. The Labute approximate surface area is 129 Å². The van der Waals surface area contributed by atoms with Crippen molar-refractivity contribution in [1.82, 2.24) is 20.0 Å². The van der Waals surface area contributed by atoms with Crippen molar-refractivity contribution in [2.45, 2.75) is 43.9 Å². The van der Waals surface area contributed by atoms with Crippen molar-refractivity contribution in [3.8, 4) is 11.6 Å². The molecule has 0 aromatic carbocycles. The second kappa shape index (κ2) is 4.12. The monoisotopic (exact) mass is 299 g/mol. The summed E-state index contributed by atoms with van der Waals surface area (Å²) in [6, 6.07) is 0. The average Bonchev–Trinajstić information content (AvgIpc) is 3.05. The molecule has 0 saturated heterocycles. The smallest absolute Gasteiger partial charge is 0.268 e. The van der Waals surface area contributed by atoms with E-state index in [1.54, 1.807) is 10.9 Å². The van der Waals surface area contributed by atoms with Crippen molar-refractivity contribution < 1.29 is 4.42 Å². The second-order valence-electron chi connectivity index (χ2n) is 7.68. The molecule has 116 valence electrons. The van der Waals surface area contributed by atoms with Crippen LogP contribution in [0.1, 0.15) is 44.4 Å². The molecule has 4 aliphatic carbocycles. The summed E-state index contributed by atoms with van der Waals surface area (Å²) in [5.41, 5.74) is 7.42. The molecule has 0 atom stereocenters. The minimum Gasteiger partial charge on any atom is -0.419 e. The van der Waals surface area contributed by atoms with Gasteiger partial charge in [0.2, 0.25) is 5.89 Å². The highest BCUT2D eigenvalue weighted by Crippen LogP contribution is 2.60. The molecule has 2 heterocycles. The fourth-order valence-electron chi connectivity index (χ4n) is 5.62. The predicted octanol–water partition coefficient (Wildman–Crippen LogP) is 2.52. The van der Waals surface area contributed by atoms with Crippen LogP contribution in [0.4, 0.5) is 5.69 Å². The van der Waals surface area contributed by atoms with Gasteiger partial charge in [-0.05, 0) is 56.3 Å². The van der Waals surface area contributed by atoms with Gasteiger partial charge in [0.05, 0.1) is 11.9 Å². The van der Waals surface area contributed by atoms with Crippen molar-refractivity contribution in [2.75, 3.05) is 5.73 Å². The minimum absolute atomic E-state index is 0.132. The maximum absolute atomic E-state index is 6.11. The first-order valence-electron chi connectivity index (χ1n) is 8.25. The molecule has 4 saturated carbocycles. The van der Waals surface area contributed by atoms with Gasteiger partial charge >= 0.3 is 0 Å². The highest BCUT2D eigenvalue weighted by atomic mass is 16.4. The molecule has 6 heteroatoms. The van der Waals surface area contributed by atoms with Crippen LogP contribution < -0.4 is 5.73 Å². The van der Waals surface area contributed by atoms with Crippen LogP contribution in [-0.4, -0.2) is 20.0 Å². The fourth-order valence-corrected chi connectivity index (χ4v) is 5.62. The molecule has 22 heavy (non-hydrogen) atoms. The molecule has 4 bridgehead atoms. The van der Waals surface area contributed by atoms with Crippen LogP contribution in [0.2, 0.25) is 0 Å². The fraction of sp³-hybridized carbons (Fsp3) is 0.688. The van der Waals surface area contributed by atoms with Crippen LogP contribution in [0, 0.1) is 17.8 Å². The molecule has 6 rings (SSSR count). The zero-order valence-electron chi connectivity index (χ0n) is 12.8. The molecule has 4 aliphatic rings. The maximum Gasteiger partial charge on any atom is 0.268 e. The SMILES string of the molecule is Cn1ncc(N)c1-c1nnc(C23CC4CC(CC(C4)C2)C3)o1. The Hall–Kier alpha value is -1.85. The number of anilines is 1. The van der Waals surface area contributed by atoms with Crippen molar-refractivity contribution in [1.29, 1.82) is 0 Å². The van der Waals surface area contributed by atoms with Crippen LogP contribution >= 0.6 is 0 Å². The number of hydrogen-bond acceptors (Lipinski definition) is 5. The number of hydrogen-bond donors (Lipinski definition) is 1. The number of rotatable bonds is 2. The van der Waals surface area contributed by atoms with E-state index in [9.17, 15) is 0 Å². The van der Waals surface area contributed by atoms with E-state index >= 15 is 0 Å². The average molecular weight is 299 g/mol. The topological polar surface area (TPSA) is 82.8 Å². The summed E-state index contributed by atoms with van der Waals surface area (Å²) < 4.78 is 7.81. The lowest BCUT2D eigenvalue weighted by Gasteiger charge is -2.55. The van der Waals surface area contributed by atoms with Gasteiger partial charge < -0.3 is 10.2 Å². The van der Waals surface area contributed by atoms with Crippen molar-refractivity contribution in [3.63, 3.8) is 0 Å². The second-order valence-corrected chi connectivity index (χ2v) is 7.68. The third-order valence-electron chi connectivity index (χ3n) is 6.09. The summed E-state index contributed by atoms with van der Waals surface area (Å²) in [7, 11) is 1.85. The Morgan fingerprint density at radius 3 is 2.32 bits per heavy atom. The standard InChI is InChI=1S/C16H21N5O/c1-21-13(12(17)8-18-21)14-19-20-15(22-14)16-5-9-2-10(6-16)4-11(3-9)7-16/h8-11H,2-7,17H2,1H3. The van der Waals surface area contributed by atoms with Crippen LogP contribution in [0.5, 0.6) is 0 Å². The molecule has 2 aromatic heterocycles. The van der Waals surface area contributed by atoms with Gasteiger partial charge in [0.25, 0.3) is 5.89 Å². The first-order valence-corrected chi connectivity index (χ1v) is 8.25. The lowest BCUT2D eigenvalue weighted by molar-refractivity contribution is -0.0176. The molecular formula is C16H21N5O. The van der Waals surface area contributed by atoms with E-state index in [1.807, 2.05) is 7.05 Å². The first-order chi connectivity index (χ1) is 10.6. The Kier molecular flexibility index (Phi) is 2.37. The van der Waals surface area contributed by atoms with Crippen LogP contribution in [0.3, 0.4) is 0 Å². The van der Waals surface area contributed by atoms with E-state index in [-0.39, 0.29) is 5.41 Å². The first kappa shape index (κ1) is 12.7. The van der Waals surface area contributed by atoms with E-state index in [0.29, 0.717) is 11.6 Å². The van der Waals surface area contributed by atoms with Crippen molar-refractivity contribution >= 4 is 5.69 Å². The van der Waals surface area contributed by atoms with Crippen LogP contribution in [0.15, 0.2) is 10.6 Å². The van der Waals surface area contributed by atoms with Gasteiger partial charge in [-0.25, -0.2) is 0 Å². The van der Waals surface area contributed by atoms with Gasteiger partial charge in [-0.3, -0.25) is 4.68 Å². The number of aryl methyl sites for hydroxylation is 1. The minimum atomic E-state index is 0.132. The summed E-state index contributed by atoms with van der Waals surface area (Å²) in [4.78, 5) is 0. The number of nitrogens with two attached hydrogens (primary N) is 1. The molecule has 6 nitrogen and oxygen atoms in total. The molecule has 2 N–H and O–H groups in total. The maximum atomic E-state index is 6.11. The summed E-state index contributed by atoms with van der Waals surface area (Å²) in [5, 5.41) is 12.9. The van der Waals surface area contributed by atoms with E-state index < -0.39 is 0 Å². The quantitative estimate of drug-likeness (QED) is 0.921. The van der Waals surface area contributed by atoms with E-state index in [1.165, 1.54) is 38.5 Å². The van der Waals surface area contributed by atoms with Crippen molar-refractivity contribution in [2.24, 2.45) is 24.8 Å². The van der Waals surface area contributed by atoms with Gasteiger partial charge in [-0.2, -0.15) is 5.10 Å². The normalized spacial score (nSPS) is 36.1. The van der Waals surface area contributed by atoms with Crippen molar-refractivity contribution in [3.05, 3.63) is 12.1 Å². The third-order valence-corrected chi connectivity index (χ3v) is 6.09. The molecule has 0 amide bonds. The molecular weight excluding hydrogens is 278 g/mol. The lowest BCUT2D eigenvalue weighted by Crippen LogP contribution is -2.48. The van der Waals surface area contributed by atoms with Gasteiger partial charge in [0, 0.05) is 12.5 Å². The van der Waals surface area contributed by atoms with Crippen LogP contribution in [0.25, 0.3) is 11.6 Å². The Morgan fingerprint density at radius 2 is 1.77 bits per heavy atom. The molecule has 0 radical (unpaired) electrons. The zero-order valence-corrected chi connectivity index (χ0v) is 12.8. The summed E-state index contributed by atoms with van der Waals surface area (Å²) in [6.45, 7) is 0. The largest absolute Gasteiger partial charge is 0.419 e. The summed E-state index contributed by atoms with van der Waals surface area (Å²) >= 11 is 0. The number of aromatic nitrogens is 4. The molecule has 4 fully saturated rings. The number of nitrogens with zero attached hydrogens (tertiary/aromatic N) is 4. The highest BCUT2D eigenvalue weighted by molar-refractivity contribution is 5.65. The van der Waals surface area contributed by atoms with Gasteiger partial charge in [0.15, 0.2) is 0 Å². The van der Waals surface area contributed by atoms with E-state index in [0.717, 1.165) is 29.3 Å². The zero-order chi connectivity index (χ0) is 14.9. The van der Waals surface area contributed by atoms with Crippen LogP contribution in [-0.2, 0) is 12.5 Å². The third kappa shape index (κ3) is 1.63. The lowest BCUT2D eigenvalue weighted by atomic mass is 9.49. The molecule has 0 unspecified atom stereocenters. The predicted molar refractivity (Wildman–Crippen MR) is 80.8 cm³/mol. The van der Waals surface area contributed by atoms with Gasteiger partial charge in [-0.15, -0.1) is 10.2 Å². The summed E-state index contributed by atoms with van der Waals surface area (Å²) in [5.74, 6) is 3.93. The van der Waals surface area contributed by atoms with Gasteiger partial charge in [-0.1, -0.05) is 0 Å².